The van der Waals surface area contributed by atoms with E-state index in [-0.39, 0.29) is 5.41 Å². The molecule has 0 aliphatic carbocycles. The molecule has 1 aromatic carbocycles. The highest BCUT2D eigenvalue weighted by atomic mass is 15.1. The number of hydrogen-bond donors (Lipinski definition) is 1. The van der Waals surface area contributed by atoms with E-state index in [1.54, 1.807) is 0 Å². The van der Waals surface area contributed by atoms with E-state index in [0.717, 1.165) is 25.9 Å². The van der Waals surface area contributed by atoms with Crippen molar-refractivity contribution in [3.05, 3.63) is 29.8 Å². The smallest absolute Gasteiger partial charge is 0.0363 e. The first-order valence-corrected chi connectivity index (χ1v) is 6.55. The van der Waals surface area contributed by atoms with E-state index in [1.165, 1.54) is 11.3 Å². The number of anilines is 1. The summed E-state index contributed by atoms with van der Waals surface area (Å²) in [5, 5.41) is 0. The molecule has 1 aromatic rings. The van der Waals surface area contributed by atoms with Gasteiger partial charge in [0.1, 0.15) is 0 Å². The third-order valence-corrected chi connectivity index (χ3v) is 3.98. The van der Waals surface area contributed by atoms with Gasteiger partial charge in [-0.15, -0.1) is 0 Å². The predicted molar refractivity (Wildman–Crippen MR) is 76.5 cm³/mol. The van der Waals surface area contributed by atoms with Crippen LogP contribution in [0.3, 0.4) is 0 Å². The Morgan fingerprint density at radius 3 is 2.06 bits per heavy atom. The molecule has 2 N–H and O–H groups in total. The average molecular weight is 234 g/mol. The molecule has 0 bridgehead atoms. The van der Waals surface area contributed by atoms with Gasteiger partial charge in [-0.2, -0.15) is 0 Å². The fourth-order valence-electron chi connectivity index (χ4n) is 2.22. The minimum Gasteiger partial charge on any atom is -0.374 e. The second kappa shape index (κ2) is 6.06. The molecule has 0 saturated carbocycles. The van der Waals surface area contributed by atoms with Gasteiger partial charge in [0.05, 0.1) is 0 Å². The minimum atomic E-state index is 0.250. The van der Waals surface area contributed by atoms with E-state index >= 15 is 0 Å². The van der Waals surface area contributed by atoms with Crippen molar-refractivity contribution in [1.29, 1.82) is 0 Å². The van der Waals surface area contributed by atoms with Gasteiger partial charge in [-0.3, -0.25) is 0 Å². The molecule has 0 atom stereocenters. The van der Waals surface area contributed by atoms with Crippen LogP contribution in [0.25, 0.3) is 0 Å². The largest absolute Gasteiger partial charge is 0.374 e. The standard InChI is InChI=1S/C15H26N2/c1-5-15(6-2,11-16)12-17(4)14-9-7-13(3)8-10-14/h7-10H,5-6,11-12,16H2,1-4H3. The summed E-state index contributed by atoms with van der Waals surface area (Å²) in [6.07, 6.45) is 2.27. The van der Waals surface area contributed by atoms with Crippen LogP contribution in [-0.2, 0) is 0 Å². The van der Waals surface area contributed by atoms with E-state index in [4.69, 9.17) is 5.73 Å². The van der Waals surface area contributed by atoms with E-state index in [0.29, 0.717) is 0 Å². The van der Waals surface area contributed by atoms with Crippen LogP contribution in [0.15, 0.2) is 24.3 Å². The Morgan fingerprint density at radius 1 is 1.12 bits per heavy atom. The molecule has 0 radical (unpaired) electrons. The summed E-state index contributed by atoms with van der Waals surface area (Å²) in [5.41, 5.74) is 8.78. The first-order valence-electron chi connectivity index (χ1n) is 6.55. The van der Waals surface area contributed by atoms with Gasteiger partial charge < -0.3 is 10.6 Å². The number of nitrogens with zero attached hydrogens (tertiary/aromatic N) is 1. The van der Waals surface area contributed by atoms with Gasteiger partial charge in [-0.25, -0.2) is 0 Å². The van der Waals surface area contributed by atoms with E-state index in [9.17, 15) is 0 Å². The Hall–Kier alpha value is -1.02. The predicted octanol–water partition coefficient (Wildman–Crippen LogP) is 3.20. The Balaban J connectivity index is 2.76. The lowest BCUT2D eigenvalue weighted by atomic mass is 9.82. The third-order valence-electron chi connectivity index (χ3n) is 3.98. The van der Waals surface area contributed by atoms with Gasteiger partial charge in [0.15, 0.2) is 0 Å². The monoisotopic (exact) mass is 234 g/mol. The lowest BCUT2D eigenvalue weighted by molar-refractivity contribution is 0.281. The van der Waals surface area contributed by atoms with E-state index < -0.39 is 0 Å². The van der Waals surface area contributed by atoms with Crippen LogP contribution in [0.2, 0.25) is 0 Å². The van der Waals surface area contributed by atoms with E-state index in [1.807, 2.05) is 0 Å². The van der Waals surface area contributed by atoms with Crippen molar-refractivity contribution in [2.45, 2.75) is 33.6 Å². The van der Waals surface area contributed by atoms with Crippen molar-refractivity contribution in [3.8, 4) is 0 Å². The zero-order valence-corrected chi connectivity index (χ0v) is 11.7. The van der Waals surface area contributed by atoms with Gasteiger partial charge >= 0.3 is 0 Å². The Morgan fingerprint density at radius 2 is 1.65 bits per heavy atom. The maximum absolute atomic E-state index is 5.95. The first-order chi connectivity index (χ1) is 8.06. The van der Waals surface area contributed by atoms with Crippen LogP contribution in [0.5, 0.6) is 0 Å². The maximum Gasteiger partial charge on any atom is 0.0363 e. The summed E-state index contributed by atoms with van der Waals surface area (Å²) in [6, 6.07) is 8.69. The number of nitrogens with two attached hydrogens (primary N) is 1. The third kappa shape index (κ3) is 3.47. The molecule has 0 amide bonds. The molecule has 0 saturated heterocycles. The summed E-state index contributed by atoms with van der Waals surface area (Å²) in [5.74, 6) is 0. The molecular formula is C15H26N2. The average Bonchev–Trinajstić information content (AvgIpc) is 2.37. The fraction of sp³-hybridized carbons (Fsp3) is 0.600. The quantitative estimate of drug-likeness (QED) is 0.819. The number of aryl methyl sites for hydroxylation is 1. The van der Waals surface area contributed by atoms with Crippen LogP contribution in [0, 0.1) is 12.3 Å². The Labute approximate surface area is 106 Å². The zero-order chi connectivity index (χ0) is 12.9. The summed E-state index contributed by atoms with van der Waals surface area (Å²) < 4.78 is 0. The molecule has 0 aliphatic rings. The topological polar surface area (TPSA) is 29.3 Å². The first kappa shape index (κ1) is 14.0. The summed E-state index contributed by atoms with van der Waals surface area (Å²) in [4.78, 5) is 2.32. The molecule has 2 heteroatoms. The van der Waals surface area contributed by atoms with Crippen LogP contribution in [0.1, 0.15) is 32.3 Å². The van der Waals surface area contributed by atoms with Crippen molar-refractivity contribution in [1.82, 2.24) is 0 Å². The summed E-state index contributed by atoms with van der Waals surface area (Å²) in [7, 11) is 2.15. The van der Waals surface area contributed by atoms with Crippen LogP contribution in [0.4, 0.5) is 5.69 Å². The lowest BCUT2D eigenvalue weighted by Gasteiger charge is -2.35. The zero-order valence-electron chi connectivity index (χ0n) is 11.7. The normalized spacial score (nSPS) is 11.6. The van der Waals surface area contributed by atoms with E-state index in [2.05, 4.69) is 57.0 Å². The molecule has 17 heavy (non-hydrogen) atoms. The molecule has 0 spiro atoms. The van der Waals surface area contributed by atoms with Crippen molar-refractivity contribution < 1.29 is 0 Å². The number of benzene rings is 1. The summed E-state index contributed by atoms with van der Waals surface area (Å²) >= 11 is 0. The molecule has 0 heterocycles. The second-order valence-electron chi connectivity index (χ2n) is 5.10. The minimum absolute atomic E-state index is 0.250. The number of rotatable bonds is 6. The van der Waals surface area contributed by atoms with Crippen molar-refractivity contribution in [2.24, 2.45) is 11.1 Å². The molecule has 0 unspecified atom stereocenters. The van der Waals surface area contributed by atoms with Gasteiger partial charge in [0.25, 0.3) is 0 Å². The van der Waals surface area contributed by atoms with Gasteiger partial charge in [-0.1, -0.05) is 31.5 Å². The molecule has 0 aliphatic heterocycles. The summed E-state index contributed by atoms with van der Waals surface area (Å²) in [6.45, 7) is 8.38. The molecule has 2 nitrogen and oxygen atoms in total. The van der Waals surface area contributed by atoms with Crippen LogP contribution in [-0.4, -0.2) is 20.1 Å². The highest BCUT2D eigenvalue weighted by Gasteiger charge is 2.26. The van der Waals surface area contributed by atoms with Crippen molar-refractivity contribution in [3.63, 3.8) is 0 Å². The van der Waals surface area contributed by atoms with Gasteiger partial charge in [-0.05, 0) is 43.9 Å². The highest BCUT2D eigenvalue weighted by Crippen LogP contribution is 2.27. The SMILES string of the molecule is CCC(CC)(CN)CN(C)c1ccc(C)cc1. The highest BCUT2D eigenvalue weighted by molar-refractivity contribution is 5.46. The van der Waals surface area contributed by atoms with Gasteiger partial charge in [0, 0.05) is 19.3 Å². The van der Waals surface area contributed by atoms with Gasteiger partial charge in [0.2, 0.25) is 0 Å². The fourth-order valence-corrected chi connectivity index (χ4v) is 2.22. The molecule has 0 aromatic heterocycles. The van der Waals surface area contributed by atoms with Crippen molar-refractivity contribution >= 4 is 5.69 Å². The number of hydrogen-bond acceptors (Lipinski definition) is 2. The molecule has 96 valence electrons. The lowest BCUT2D eigenvalue weighted by Crippen LogP contribution is -2.40. The molecule has 1 rings (SSSR count). The molecular weight excluding hydrogens is 208 g/mol. The van der Waals surface area contributed by atoms with Crippen molar-refractivity contribution in [2.75, 3.05) is 25.0 Å². The van der Waals surface area contributed by atoms with Crippen LogP contribution >= 0.6 is 0 Å². The Kier molecular flexibility index (Phi) is 5.01. The molecule has 0 fully saturated rings. The van der Waals surface area contributed by atoms with Crippen LogP contribution < -0.4 is 10.6 Å². The second-order valence-corrected chi connectivity index (χ2v) is 5.10. The maximum atomic E-state index is 5.95. The Bertz CT molecular complexity index is 317.